The molecule has 2 nitrogen and oxygen atoms in total. The molecule has 1 saturated heterocycles. The molecule has 0 spiro atoms. The summed E-state index contributed by atoms with van der Waals surface area (Å²) in [6.45, 7) is 3.22. The van der Waals surface area contributed by atoms with Crippen LogP contribution in [0.1, 0.15) is 6.42 Å². The van der Waals surface area contributed by atoms with Gasteiger partial charge in [-0.05, 0) is 18.9 Å². The van der Waals surface area contributed by atoms with Crippen LogP contribution in [0.25, 0.3) is 0 Å². The zero-order valence-electron chi connectivity index (χ0n) is 5.01. The lowest BCUT2D eigenvalue weighted by atomic mass is 10.1. The number of nitrogens with zero attached hydrogens (tertiary/aromatic N) is 1. The molecule has 1 rings (SSSR count). The van der Waals surface area contributed by atoms with E-state index >= 15 is 0 Å². The molecule has 1 fully saturated rings. The van der Waals surface area contributed by atoms with Gasteiger partial charge in [-0.1, -0.05) is 9.39 Å². The molecule has 0 aliphatic carbocycles. The molecule has 1 aliphatic heterocycles. The van der Waals surface area contributed by atoms with Gasteiger partial charge in [0.25, 0.3) is 0 Å². The van der Waals surface area contributed by atoms with Crippen molar-refractivity contribution in [2.24, 2.45) is 11.7 Å². The molecular weight excluding hydrogens is 119 g/mol. The molecule has 0 amide bonds. The molecular formula is C5H13N2P. The van der Waals surface area contributed by atoms with E-state index < -0.39 is 0 Å². The number of nitrogens with two attached hydrogens (primary N) is 1. The summed E-state index contributed by atoms with van der Waals surface area (Å²) in [5.41, 5.74) is 5.46. The van der Waals surface area contributed by atoms with Gasteiger partial charge in [0.05, 0.1) is 0 Å². The van der Waals surface area contributed by atoms with Gasteiger partial charge in [0.2, 0.25) is 0 Å². The van der Waals surface area contributed by atoms with Gasteiger partial charge >= 0.3 is 0 Å². The monoisotopic (exact) mass is 132 g/mol. The van der Waals surface area contributed by atoms with Gasteiger partial charge in [-0.3, -0.25) is 4.67 Å². The zero-order valence-corrected chi connectivity index (χ0v) is 6.16. The van der Waals surface area contributed by atoms with Gasteiger partial charge in [0, 0.05) is 13.1 Å². The minimum atomic E-state index is 0.757. The van der Waals surface area contributed by atoms with E-state index in [0.717, 1.165) is 12.5 Å². The first-order valence-electron chi connectivity index (χ1n) is 3.02. The Kier molecular flexibility index (Phi) is 2.24. The normalized spacial score (nSPS) is 31.5. The lowest BCUT2D eigenvalue weighted by Crippen LogP contribution is -2.16. The van der Waals surface area contributed by atoms with E-state index in [4.69, 9.17) is 5.73 Å². The molecule has 1 heterocycles. The van der Waals surface area contributed by atoms with E-state index in [1.807, 2.05) is 0 Å². The van der Waals surface area contributed by atoms with E-state index in [2.05, 4.69) is 14.1 Å². The number of hydrogen-bond acceptors (Lipinski definition) is 2. The molecule has 0 bridgehead atoms. The molecule has 0 aromatic carbocycles. The fourth-order valence-electron chi connectivity index (χ4n) is 1.06. The van der Waals surface area contributed by atoms with Crippen molar-refractivity contribution in [3.63, 3.8) is 0 Å². The van der Waals surface area contributed by atoms with Crippen LogP contribution >= 0.6 is 9.39 Å². The van der Waals surface area contributed by atoms with Gasteiger partial charge in [-0.15, -0.1) is 0 Å². The summed E-state index contributed by atoms with van der Waals surface area (Å²) in [4.78, 5) is 0. The highest BCUT2D eigenvalue weighted by molar-refractivity contribution is 7.13. The Morgan fingerprint density at radius 3 is 2.75 bits per heavy atom. The van der Waals surface area contributed by atoms with E-state index in [1.54, 1.807) is 0 Å². The molecule has 2 atom stereocenters. The minimum absolute atomic E-state index is 0.757. The molecule has 1 aliphatic rings. The molecule has 48 valence electrons. The average molecular weight is 132 g/mol. The predicted molar refractivity (Wildman–Crippen MR) is 38.4 cm³/mol. The highest BCUT2D eigenvalue weighted by Gasteiger charge is 2.16. The predicted octanol–water partition coefficient (Wildman–Crippen LogP) is 0.0571. The second-order valence-corrected chi connectivity index (χ2v) is 3.12. The molecule has 2 unspecified atom stereocenters. The van der Waals surface area contributed by atoms with Crippen molar-refractivity contribution in [3.8, 4) is 0 Å². The summed E-state index contributed by atoms with van der Waals surface area (Å²) in [6.07, 6.45) is 1.28. The Morgan fingerprint density at radius 1 is 1.75 bits per heavy atom. The third-order valence-corrected chi connectivity index (χ3v) is 2.12. The van der Waals surface area contributed by atoms with Crippen molar-refractivity contribution in [3.05, 3.63) is 0 Å². The van der Waals surface area contributed by atoms with Gasteiger partial charge in [0.1, 0.15) is 0 Å². The Morgan fingerprint density at radius 2 is 2.50 bits per heavy atom. The molecule has 0 aromatic rings. The van der Waals surface area contributed by atoms with Crippen molar-refractivity contribution in [2.45, 2.75) is 6.42 Å². The minimum Gasteiger partial charge on any atom is -0.330 e. The Balaban J connectivity index is 2.22. The van der Waals surface area contributed by atoms with Crippen molar-refractivity contribution in [2.75, 3.05) is 19.6 Å². The van der Waals surface area contributed by atoms with Crippen molar-refractivity contribution in [1.29, 1.82) is 0 Å². The summed E-state index contributed by atoms with van der Waals surface area (Å²) in [6, 6.07) is 0. The Hall–Kier alpha value is 0.350. The summed E-state index contributed by atoms with van der Waals surface area (Å²) >= 11 is 0. The number of rotatable bonds is 1. The number of hydrogen-bond donors (Lipinski definition) is 1. The first kappa shape index (κ1) is 6.47. The average Bonchev–Trinajstić information content (AvgIpc) is 2.14. The van der Waals surface area contributed by atoms with Crippen LogP contribution in [0, 0.1) is 5.92 Å². The van der Waals surface area contributed by atoms with Crippen LogP contribution in [-0.4, -0.2) is 24.3 Å². The summed E-state index contributed by atoms with van der Waals surface area (Å²) < 4.78 is 2.25. The first-order chi connectivity index (χ1) is 3.83. The maximum atomic E-state index is 5.46. The van der Waals surface area contributed by atoms with Crippen LogP contribution in [0.5, 0.6) is 0 Å². The van der Waals surface area contributed by atoms with E-state index in [1.165, 1.54) is 19.5 Å². The summed E-state index contributed by atoms with van der Waals surface area (Å²) in [7, 11) is 2.70. The SMILES string of the molecule is NCC1CCN(P)C1. The van der Waals surface area contributed by atoms with Crippen molar-refractivity contribution >= 4 is 9.39 Å². The van der Waals surface area contributed by atoms with Crippen molar-refractivity contribution < 1.29 is 0 Å². The topological polar surface area (TPSA) is 29.3 Å². The van der Waals surface area contributed by atoms with Gasteiger partial charge < -0.3 is 5.73 Å². The fraction of sp³-hybridized carbons (Fsp3) is 1.00. The van der Waals surface area contributed by atoms with Gasteiger partial charge in [-0.25, -0.2) is 0 Å². The smallest absolute Gasteiger partial charge is 0.00571 e. The fourth-order valence-corrected chi connectivity index (χ4v) is 1.50. The van der Waals surface area contributed by atoms with Crippen LogP contribution in [0.3, 0.4) is 0 Å². The Bertz CT molecular complexity index is 76.8. The third-order valence-electron chi connectivity index (χ3n) is 1.65. The van der Waals surface area contributed by atoms with Crippen molar-refractivity contribution in [1.82, 2.24) is 4.67 Å². The van der Waals surface area contributed by atoms with Crippen LogP contribution < -0.4 is 5.73 Å². The second kappa shape index (κ2) is 2.77. The summed E-state index contributed by atoms with van der Waals surface area (Å²) in [5, 5.41) is 0. The molecule has 0 aromatic heterocycles. The summed E-state index contributed by atoms with van der Waals surface area (Å²) in [5.74, 6) is 0.757. The van der Waals surface area contributed by atoms with Crippen LogP contribution in [0.2, 0.25) is 0 Å². The largest absolute Gasteiger partial charge is 0.330 e. The molecule has 3 heteroatoms. The highest BCUT2D eigenvalue weighted by Crippen LogP contribution is 2.17. The Labute approximate surface area is 52.7 Å². The van der Waals surface area contributed by atoms with Gasteiger partial charge in [-0.2, -0.15) is 0 Å². The quantitative estimate of drug-likeness (QED) is 0.511. The van der Waals surface area contributed by atoms with Crippen LogP contribution in [-0.2, 0) is 0 Å². The first-order valence-corrected chi connectivity index (χ1v) is 3.54. The van der Waals surface area contributed by atoms with Crippen LogP contribution in [0.15, 0.2) is 0 Å². The standard InChI is InChI=1S/C5H13N2P/c6-3-5-1-2-7(8)4-5/h5H,1-4,6,8H2. The lowest BCUT2D eigenvalue weighted by Gasteiger charge is -2.05. The lowest BCUT2D eigenvalue weighted by molar-refractivity contribution is 0.529. The third kappa shape index (κ3) is 1.41. The zero-order chi connectivity index (χ0) is 5.98. The molecule has 0 saturated carbocycles. The van der Waals surface area contributed by atoms with E-state index in [0.29, 0.717) is 0 Å². The van der Waals surface area contributed by atoms with Gasteiger partial charge in [0.15, 0.2) is 0 Å². The molecule has 0 radical (unpaired) electrons. The van der Waals surface area contributed by atoms with E-state index in [9.17, 15) is 0 Å². The maximum absolute atomic E-state index is 5.46. The maximum Gasteiger partial charge on any atom is 0.00571 e. The highest BCUT2D eigenvalue weighted by atomic mass is 31.0. The molecule has 8 heavy (non-hydrogen) atoms. The molecule has 2 N–H and O–H groups in total. The van der Waals surface area contributed by atoms with Crippen LogP contribution in [0.4, 0.5) is 0 Å². The second-order valence-electron chi connectivity index (χ2n) is 2.39. The van der Waals surface area contributed by atoms with E-state index in [-0.39, 0.29) is 0 Å².